The Hall–Kier alpha value is -3.18. The van der Waals surface area contributed by atoms with Gasteiger partial charge in [-0.15, -0.1) is 0 Å². The summed E-state index contributed by atoms with van der Waals surface area (Å²) in [5.41, 5.74) is 5.23. The summed E-state index contributed by atoms with van der Waals surface area (Å²) >= 11 is 0. The van der Waals surface area contributed by atoms with Crippen molar-refractivity contribution in [3.63, 3.8) is 0 Å². The van der Waals surface area contributed by atoms with Gasteiger partial charge in [0.05, 0.1) is 5.56 Å². The van der Waals surface area contributed by atoms with E-state index >= 15 is 0 Å². The Morgan fingerprint density at radius 2 is 1.60 bits per heavy atom. The molecule has 5 heteroatoms. The van der Waals surface area contributed by atoms with Gasteiger partial charge in [0.2, 0.25) is 0 Å². The van der Waals surface area contributed by atoms with Crippen molar-refractivity contribution in [2.75, 3.05) is 31.1 Å². The van der Waals surface area contributed by atoms with Gasteiger partial charge in [-0.2, -0.15) is 0 Å². The van der Waals surface area contributed by atoms with Crippen LogP contribution in [-0.4, -0.2) is 42.0 Å². The Balaban J connectivity index is 1.33. The van der Waals surface area contributed by atoms with E-state index in [2.05, 4.69) is 68.6 Å². The number of hydrogen-bond acceptors (Lipinski definition) is 4. The Kier molecular flexibility index (Phi) is 6.40. The Morgan fingerprint density at radius 1 is 0.900 bits per heavy atom. The maximum absolute atomic E-state index is 12.4. The molecule has 2 aromatic carbocycles. The highest BCUT2D eigenvalue weighted by Gasteiger charge is 2.18. The van der Waals surface area contributed by atoms with Crippen molar-refractivity contribution < 1.29 is 4.79 Å². The van der Waals surface area contributed by atoms with Crippen LogP contribution in [0.25, 0.3) is 0 Å². The standard InChI is InChI=1S/C25H28N4O/c1-20-11-12-22(18-26-20)25(30)27-17-21-7-5-6-8-23(21)19-28-13-15-29(16-14-28)24-9-3-2-4-10-24/h2-12,18H,13-17,19H2,1H3,(H,27,30). The van der Waals surface area contributed by atoms with Gasteiger partial charge in [0, 0.05) is 56.8 Å². The van der Waals surface area contributed by atoms with E-state index in [1.807, 2.05) is 25.1 Å². The molecule has 0 spiro atoms. The number of rotatable bonds is 6. The molecule has 0 bridgehead atoms. The van der Waals surface area contributed by atoms with Crippen LogP contribution in [0.4, 0.5) is 5.69 Å². The number of aromatic nitrogens is 1. The van der Waals surface area contributed by atoms with Crippen molar-refractivity contribution in [2.24, 2.45) is 0 Å². The molecular formula is C25H28N4O. The van der Waals surface area contributed by atoms with Crippen LogP contribution >= 0.6 is 0 Å². The molecule has 1 aliphatic rings. The lowest BCUT2D eigenvalue weighted by molar-refractivity contribution is 0.0950. The molecule has 0 aliphatic carbocycles. The number of benzene rings is 2. The van der Waals surface area contributed by atoms with Crippen molar-refractivity contribution >= 4 is 11.6 Å². The molecule has 1 fully saturated rings. The van der Waals surface area contributed by atoms with Crippen molar-refractivity contribution in [2.45, 2.75) is 20.0 Å². The molecule has 5 nitrogen and oxygen atoms in total. The summed E-state index contributed by atoms with van der Waals surface area (Å²) in [6.45, 7) is 7.47. The van der Waals surface area contributed by atoms with Crippen molar-refractivity contribution in [3.8, 4) is 0 Å². The zero-order valence-corrected chi connectivity index (χ0v) is 17.4. The summed E-state index contributed by atoms with van der Waals surface area (Å²) in [6, 6.07) is 22.7. The summed E-state index contributed by atoms with van der Waals surface area (Å²) in [5, 5.41) is 3.04. The third kappa shape index (κ3) is 5.05. The second-order valence-electron chi connectivity index (χ2n) is 7.74. The SMILES string of the molecule is Cc1ccc(C(=O)NCc2ccccc2CN2CCN(c3ccccc3)CC2)cn1. The van der Waals surface area contributed by atoms with Crippen molar-refractivity contribution in [1.29, 1.82) is 0 Å². The summed E-state index contributed by atoms with van der Waals surface area (Å²) in [5.74, 6) is -0.0891. The van der Waals surface area contributed by atoms with Gasteiger partial charge in [-0.25, -0.2) is 0 Å². The predicted octanol–water partition coefficient (Wildman–Crippen LogP) is 3.64. The number of pyridine rings is 1. The fourth-order valence-corrected chi connectivity index (χ4v) is 3.81. The molecule has 30 heavy (non-hydrogen) atoms. The van der Waals surface area contributed by atoms with Crippen molar-refractivity contribution in [1.82, 2.24) is 15.2 Å². The van der Waals surface area contributed by atoms with Crippen LogP contribution in [0.1, 0.15) is 27.2 Å². The van der Waals surface area contributed by atoms with Crippen LogP contribution in [0.5, 0.6) is 0 Å². The minimum absolute atomic E-state index is 0.0891. The first-order valence-electron chi connectivity index (χ1n) is 10.5. The molecule has 1 N–H and O–H groups in total. The van der Waals surface area contributed by atoms with Crippen LogP contribution < -0.4 is 10.2 Å². The molecule has 1 amide bonds. The van der Waals surface area contributed by atoms with E-state index in [1.165, 1.54) is 11.3 Å². The Bertz CT molecular complexity index is 964. The monoisotopic (exact) mass is 400 g/mol. The predicted molar refractivity (Wildman–Crippen MR) is 121 cm³/mol. The molecule has 2 heterocycles. The van der Waals surface area contributed by atoms with E-state index in [1.54, 1.807) is 6.20 Å². The molecule has 1 aromatic heterocycles. The highest BCUT2D eigenvalue weighted by molar-refractivity contribution is 5.93. The van der Waals surface area contributed by atoms with Crippen LogP contribution in [0.2, 0.25) is 0 Å². The van der Waals surface area contributed by atoms with Crippen LogP contribution in [0.3, 0.4) is 0 Å². The Labute approximate surface area is 178 Å². The molecule has 0 atom stereocenters. The lowest BCUT2D eigenvalue weighted by Gasteiger charge is -2.36. The highest BCUT2D eigenvalue weighted by atomic mass is 16.1. The first-order valence-corrected chi connectivity index (χ1v) is 10.5. The van der Waals surface area contributed by atoms with Gasteiger partial charge in [0.25, 0.3) is 5.91 Å². The molecule has 4 rings (SSSR count). The molecule has 0 saturated carbocycles. The number of nitrogens with one attached hydrogen (secondary N) is 1. The molecule has 0 unspecified atom stereocenters. The summed E-state index contributed by atoms with van der Waals surface area (Å²) in [4.78, 5) is 21.6. The maximum Gasteiger partial charge on any atom is 0.253 e. The van der Waals surface area contributed by atoms with Gasteiger partial charge in [0.15, 0.2) is 0 Å². The molecule has 154 valence electrons. The third-order valence-electron chi connectivity index (χ3n) is 5.62. The Morgan fingerprint density at radius 3 is 2.30 bits per heavy atom. The van der Waals surface area contributed by atoms with E-state index in [-0.39, 0.29) is 5.91 Å². The van der Waals surface area contributed by atoms with E-state index in [4.69, 9.17) is 0 Å². The quantitative estimate of drug-likeness (QED) is 0.686. The number of anilines is 1. The van der Waals surface area contributed by atoms with Crippen LogP contribution in [0, 0.1) is 6.92 Å². The topological polar surface area (TPSA) is 48.5 Å². The number of amides is 1. The summed E-state index contributed by atoms with van der Waals surface area (Å²) in [7, 11) is 0. The lowest BCUT2D eigenvalue weighted by Crippen LogP contribution is -2.46. The molecule has 1 saturated heterocycles. The fraction of sp³-hybridized carbons (Fsp3) is 0.280. The number of carbonyl (C=O) groups excluding carboxylic acids is 1. The lowest BCUT2D eigenvalue weighted by atomic mass is 10.1. The van der Waals surface area contributed by atoms with Gasteiger partial charge in [-0.05, 0) is 42.3 Å². The maximum atomic E-state index is 12.4. The number of carbonyl (C=O) groups is 1. The average Bonchev–Trinajstić information content (AvgIpc) is 2.80. The van der Waals surface area contributed by atoms with Gasteiger partial charge >= 0.3 is 0 Å². The molecular weight excluding hydrogens is 372 g/mol. The van der Waals surface area contributed by atoms with E-state index in [9.17, 15) is 4.79 Å². The van der Waals surface area contributed by atoms with E-state index in [0.717, 1.165) is 44.0 Å². The smallest absolute Gasteiger partial charge is 0.253 e. The normalized spacial score (nSPS) is 14.5. The minimum Gasteiger partial charge on any atom is -0.369 e. The zero-order chi connectivity index (χ0) is 20.8. The molecule has 0 radical (unpaired) electrons. The molecule has 3 aromatic rings. The first-order chi connectivity index (χ1) is 14.7. The van der Waals surface area contributed by atoms with Gasteiger partial charge < -0.3 is 10.2 Å². The number of hydrogen-bond donors (Lipinski definition) is 1. The highest BCUT2D eigenvalue weighted by Crippen LogP contribution is 2.18. The second kappa shape index (κ2) is 9.55. The minimum atomic E-state index is -0.0891. The largest absolute Gasteiger partial charge is 0.369 e. The second-order valence-corrected chi connectivity index (χ2v) is 7.74. The number of aryl methyl sites for hydroxylation is 1. The van der Waals surface area contributed by atoms with Gasteiger partial charge in [-0.1, -0.05) is 42.5 Å². The van der Waals surface area contributed by atoms with Gasteiger partial charge in [-0.3, -0.25) is 14.7 Å². The zero-order valence-electron chi connectivity index (χ0n) is 17.4. The molecule has 1 aliphatic heterocycles. The summed E-state index contributed by atoms with van der Waals surface area (Å²) in [6.07, 6.45) is 1.63. The fourth-order valence-electron chi connectivity index (χ4n) is 3.81. The number of para-hydroxylation sites is 1. The average molecular weight is 401 g/mol. The van der Waals surface area contributed by atoms with Crippen LogP contribution in [-0.2, 0) is 13.1 Å². The van der Waals surface area contributed by atoms with E-state index < -0.39 is 0 Å². The van der Waals surface area contributed by atoms with Crippen molar-refractivity contribution in [3.05, 3.63) is 95.3 Å². The summed E-state index contributed by atoms with van der Waals surface area (Å²) < 4.78 is 0. The first kappa shape index (κ1) is 20.1. The number of nitrogens with zero attached hydrogens (tertiary/aromatic N) is 3. The van der Waals surface area contributed by atoms with E-state index in [0.29, 0.717) is 12.1 Å². The van der Waals surface area contributed by atoms with Crippen LogP contribution in [0.15, 0.2) is 72.9 Å². The van der Waals surface area contributed by atoms with Gasteiger partial charge in [0.1, 0.15) is 0 Å². The third-order valence-corrected chi connectivity index (χ3v) is 5.62. The number of piperazine rings is 1.